The molecule has 1 fully saturated rings. The Balaban J connectivity index is 1.81. The van der Waals surface area contributed by atoms with Crippen molar-refractivity contribution in [3.8, 4) is 0 Å². The molecule has 0 amide bonds. The van der Waals surface area contributed by atoms with E-state index in [1.165, 1.54) is 16.7 Å². The second kappa shape index (κ2) is 6.61. The van der Waals surface area contributed by atoms with Gasteiger partial charge in [-0.2, -0.15) is 0 Å². The maximum absolute atomic E-state index is 10.5. The summed E-state index contributed by atoms with van der Waals surface area (Å²) in [6.45, 7) is 3.67. The number of aryl methyl sites for hydroxylation is 1. The molecule has 0 bridgehead atoms. The van der Waals surface area contributed by atoms with Gasteiger partial charge in [0, 0.05) is 19.6 Å². The van der Waals surface area contributed by atoms with Gasteiger partial charge in [0.1, 0.15) is 5.60 Å². The molecule has 0 unspecified atom stereocenters. The molecule has 2 aromatic carbocycles. The van der Waals surface area contributed by atoms with Gasteiger partial charge in [0.2, 0.25) is 0 Å². The predicted octanol–water partition coefficient (Wildman–Crippen LogP) is 2.83. The van der Waals surface area contributed by atoms with Crippen LogP contribution in [-0.4, -0.2) is 30.5 Å². The monoisotopic (exact) mass is 297 g/mol. The smallest absolute Gasteiger partial charge is 0.103 e. The van der Waals surface area contributed by atoms with Gasteiger partial charge in [0.15, 0.2) is 0 Å². The third-order valence-electron chi connectivity index (χ3n) is 4.26. The van der Waals surface area contributed by atoms with Gasteiger partial charge in [-0.15, -0.1) is 0 Å². The summed E-state index contributed by atoms with van der Waals surface area (Å²) in [6.07, 6.45) is 0.690. The van der Waals surface area contributed by atoms with Crippen LogP contribution in [-0.2, 0) is 4.74 Å². The molecular weight excluding hydrogens is 274 g/mol. The molecule has 3 heteroatoms. The van der Waals surface area contributed by atoms with Crippen molar-refractivity contribution in [3.05, 3.63) is 71.3 Å². The van der Waals surface area contributed by atoms with Crippen LogP contribution in [0.3, 0.4) is 0 Å². The van der Waals surface area contributed by atoms with Gasteiger partial charge in [-0.25, -0.2) is 0 Å². The van der Waals surface area contributed by atoms with Gasteiger partial charge in [0.25, 0.3) is 0 Å². The molecule has 0 aromatic heterocycles. The lowest BCUT2D eigenvalue weighted by Gasteiger charge is -2.26. The Morgan fingerprint density at radius 3 is 2.41 bits per heavy atom. The summed E-state index contributed by atoms with van der Waals surface area (Å²) in [5, 5.41) is 14.0. The molecule has 2 N–H and O–H groups in total. The summed E-state index contributed by atoms with van der Waals surface area (Å²) in [6, 6.07) is 19.0. The summed E-state index contributed by atoms with van der Waals surface area (Å²) in [7, 11) is 0. The van der Waals surface area contributed by atoms with Crippen LogP contribution in [0.2, 0.25) is 0 Å². The van der Waals surface area contributed by atoms with Crippen molar-refractivity contribution in [2.24, 2.45) is 0 Å². The maximum atomic E-state index is 10.5. The largest absolute Gasteiger partial charge is 0.386 e. The van der Waals surface area contributed by atoms with E-state index >= 15 is 0 Å². The highest BCUT2D eigenvalue weighted by atomic mass is 16.5. The molecule has 2 aromatic rings. The molecule has 3 nitrogen and oxygen atoms in total. The van der Waals surface area contributed by atoms with Crippen LogP contribution in [0.25, 0.3) is 0 Å². The minimum absolute atomic E-state index is 0.0754. The number of aliphatic hydroxyl groups is 1. The Kier molecular flexibility index (Phi) is 4.57. The molecule has 2 atom stereocenters. The first-order chi connectivity index (χ1) is 10.7. The van der Waals surface area contributed by atoms with Crippen molar-refractivity contribution < 1.29 is 9.84 Å². The standard InChI is InChI=1S/C19H23NO2/c1-15-7-9-17(10-8-15)18(16-5-3-2-4-6-16)20-13-19(21)11-12-22-14-19/h2-10,18,20-21H,11-14H2,1H3/t18-,19-/m1/s1. The third-order valence-corrected chi connectivity index (χ3v) is 4.26. The fourth-order valence-electron chi connectivity index (χ4n) is 2.86. The van der Waals surface area contributed by atoms with Crippen molar-refractivity contribution >= 4 is 0 Å². The molecule has 0 aliphatic carbocycles. The molecule has 1 aliphatic heterocycles. The Morgan fingerprint density at radius 1 is 1.09 bits per heavy atom. The number of ether oxygens (including phenoxy) is 1. The van der Waals surface area contributed by atoms with E-state index in [9.17, 15) is 5.11 Å². The summed E-state index contributed by atoms with van der Waals surface area (Å²) in [5.41, 5.74) is 2.91. The zero-order chi connectivity index (χ0) is 15.4. The zero-order valence-corrected chi connectivity index (χ0v) is 13.0. The summed E-state index contributed by atoms with van der Waals surface area (Å²) >= 11 is 0. The van der Waals surface area contributed by atoms with E-state index in [-0.39, 0.29) is 6.04 Å². The number of rotatable bonds is 5. The first-order valence-electron chi connectivity index (χ1n) is 7.81. The van der Waals surface area contributed by atoms with E-state index < -0.39 is 5.60 Å². The Bertz CT molecular complexity index is 589. The van der Waals surface area contributed by atoms with E-state index in [2.05, 4.69) is 48.6 Å². The molecule has 22 heavy (non-hydrogen) atoms. The second-order valence-electron chi connectivity index (χ2n) is 6.16. The quantitative estimate of drug-likeness (QED) is 0.891. The highest BCUT2D eigenvalue weighted by Gasteiger charge is 2.32. The van der Waals surface area contributed by atoms with Crippen LogP contribution in [0.15, 0.2) is 54.6 Å². The van der Waals surface area contributed by atoms with E-state index in [1.54, 1.807) is 0 Å². The highest BCUT2D eigenvalue weighted by molar-refractivity contribution is 5.33. The van der Waals surface area contributed by atoms with Crippen LogP contribution in [0, 0.1) is 6.92 Å². The molecule has 0 radical (unpaired) electrons. The van der Waals surface area contributed by atoms with Gasteiger partial charge in [-0.3, -0.25) is 0 Å². The van der Waals surface area contributed by atoms with Gasteiger partial charge in [-0.05, 0) is 18.1 Å². The van der Waals surface area contributed by atoms with Gasteiger partial charge in [0.05, 0.1) is 12.6 Å². The molecule has 116 valence electrons. The molecule has 1 saturated heterocycles. The van der Waals surface area contributed by atoms with Crippen molar-refractivity contribution in [1.82, 2.24) is 5.32 Å². The average Bonchev–Trinajstić information content (AvgIpc) is 2.97. The second-order valence-corrected chi connectivity index (χ2v) is 6.16. The van der Waals surface area contributed by atoms with Gasteiger partial charge in [-0.1, -0.05) is 60.2 Å². The molecular formula is C19H23NO2. The fraction of sp³-hybridized carbons (Fsp3) is 0.368. The molecule has 0 spiro atoms. The van der Waals surface area contributed by atoms with E-state index in [0.717, 1.165) is 0 Å². The summed E-state index contributed by atoms with van der Waals surface area (Å²) in [5.74, 6) is 0. The topological polar surface area (TPSA) is 41.5 Å². The van der Waals surface area contributed by atoms with Gasteiger partial charge < -0.3 is 15.2 Å². The Morgan fingerprint density at radius 2 is 1.77 bits per heavy atom. The first-order valence-corrected chi connectivity index (χ1v) is 7.81. The number of hydrogen-bond acceptors (Lipinski definition) is 3. The lowest BCUT2D eigenvalue weighted by atomic mass is 9.96. The molecule has 1 aliphatic rings. The average molecular weight is 297 g/mol. The van der Waals surface area contributed by atoms with E-state index in [0.29, 0.717) is 26.2 Å². The van der Waals surface area contributed by atoms with Crippen LogP contribution >= 0.6 is 0 Å². The number of hydrogen-bond donors (Lipinski definition) is 2. The predicted molar refractivity (Wildman–Crippen MR) is 87.9 cm³/mol. The van der Waals surface area contributed by atoms with Crippen LogP contribution in [0.1, 0.15) is 29.2 Å². The van der Waals surface area contributed by atoms with Crippen molar-refractivity contribution in [2.75, 3.05) is 19.8 Å². The van der Waals surface area contributed by atoms with Gasteiger partial charge >= 0.3 is 0 Å². The SMILES string of the molecule is Cc1ccc([C@H](NC[C@]2(O)CCOC2)c2ccccc2)cc1. The zero-order valence-electron chi connectivity index (χ0n) is 13.0. The lowest BCUT2D eigenvalue weighted by molar-refractivity contribution is 0.0257. The van der Waals surface area contributed by atoms with Crippen LogP contribution in [0.4, 0.5) is 0 Å². The number of nitrogens with one attached hydrogen (secondary N) is 1. The van der Waals surface area contributed by atoms with Crippen molar-refractivity contribution in [3.63, 3.8) is 0 Å². The Labute approximate surface area is 131 Å². The minimum atomic E-state index is -0.752. The first kappa shape index (κ1) is 15.2. The van der Waals surface area contributed by atoms with Crippen LogP contribution in [0.5, 0.6) is 0 Å². The van der Waals surface area contributed by atoms with E-state index in [4.69, 9.17) is 4.74 Å². The minimum Gasteiger partial charge on any atom is -0.386 e. The third kappa shape index (κ3) is 3.55. The number of benzene rings is 2. The fourth-order valence-corrected chi connectivity index (χ4v) is 2.86. The maximum Gasteiger partial charge on any atom is 0.103 e. The molecule has 0 saturated carbocycles. The normalized spacial score (nSPS) is 22.6. The summed E-state index contributed by atoms with van der Waals surface area (Å²) < 4.78 is 5.33. The van der Waals surface area contributed by atoms with Crippen molar-refractivity contribution in [1.29, 1.82) is 0 Å². The van der Waals surface area contributed by atoms with Crippen LogP contribution < -0.4 is 5.32 Å². The van der Waals surface area contributed by atoms with E-state index in [1.807, 2.05) is 18.2 Å². The molecule has 3 rings (SSSR count). The highest BCUT2D eigenvalue weighted by Crippen LogP contribution is 2.24. The Hall–Kier alpha value is -1.68. The van der Waals surface area contributed by atoms with Crippen molar-refractivity contribution in [2.45, 2.75) is 25.0 Å². The summed E-state index contributed by atoms with van der Waals surface area (Å²) in [4.78, 5) is 0. The molecule has 1 heterocycles. The lowest BCUT2D eigenvalue weighted by Crippen LogP contribution is -2.42.